The molecule has 0 saturated heterocycles. The number of H-pyrrole nitrogens is 1. The SMILES string of the molecule is Cc1nn(-c2ccccc2)c(Cl)c1CN1CCc2nc(-c3ccc(Cl)cc3)[nH]c(=O)c2C1. The summed E-state index contributed by atoms with van der Waals surface area (Å²) in [4.78, 5) is 22.7. The van der Waals surface area contributed by atoms with E-state index in [0.29, 0.717) is 41.1 Å². The summed E-state index contributed by atoms with van der Waals surface area (Å²) in [5, 5.41) is 5.88. The predicted molar refractivity (Wildman–Crippen MR) is 126 cm³/mol. The number of hydrogen-bond acceptors (Lipinski definition) is 4. The lowest BCUT2D eigenvalue weighted by Crippen LogP contribution is -2.35. The normalized spacial score (nSPS) is 13.8. The summed E-state index contributed by atoms with van der Waals surface area (Å²) in [6.45, 7) is 3.89. The van der Waals surface area contributed by atoms with Gasteiger partial charge in [0.15, 0.2) is 0 Å². The van der Waals surface area contributed by atoms with Crippen LogP contribution in [0.15, 0.2) is 59.4 Å². The molecule has 0 amide bonds. The minimum atomic E-state index is -0.104. The Morgan fingerprint density at radius 3 is 2.56 bits per heavy atom. The Hall–Kier alpha value is -2.93. The minimum Gasteiger partial charge on any atom is -0.306 e. The van der Waals surface area contributed by atoms with E-state index in [1.54, 1.807) is 16.8 Å². The largest absolute Gasteiger partial charge is 0.306 e. The number of fused-ring (bicyclic) bond motifs is 1. The summed E-state index contributed by atoms with van der Waals surface area (Å²) >= 11 is 12.7. The number of halogens is 2. The van der Waals surface area contributed by atoms with Crippen LogP contribution in [0.3, 0.4) is 0 Å². The van der Waals surface area contributed by atoms with Crippen molar-refractivity contribution in [1.29, 1.82) is 0 Å². The Balaban J connectivity index is 1.39. The molecule has 0 radical (unpaired) electrons. The number of nitrogens with zero attached hydrogens (tertiary/aromatic N) is 4. The highest BCUT2D eigenvalue weighted by Crippen LogP contribution is 2.27. The predicted octanol–water partition coefficient (Wildman–Crippen LogP) is 4.80. The molecular formula is C24H21Cl2N5O. The van der Waals surface area contributed by atoms with Crippen LogP contribution in [0.4, 0.5) is 0 Å². The molecule has 0 atom stereocenters. The van der Waals surface area contributed by atoms with Gasteiger partial charge >= 0.3 is 0 Å². The molecule has 0 spiro atoms. The topological polar surface area (TPSA) is 66.8 Å². The van der Waals surface area contributed by atoms with Crippen molar-refractivity contribution in [3.05, 3.63) is 97.6 Å². The molecule has 6 nitrogen and oxygen atoms in total. The van der Waals surface area contributed by atoms with Gasteiger partial charge in [0.05, 0.1) is 22.6 Å². The zero-order chi connectivity index (χ0) is 22.2. The molecule has 0 aliphatic carbocycles. The number of aryl methyl sites for hydroxylation is 1. The van der Waals surface area contributed by atoms with Gasteiger partial charge in [-0.15, -0.1) is 0 Å². The van der Waals surface area contributed by atoms with Gasteiger partial charge in [-0.3, -0.25) is 9.69 Å². The van der Waals surface area contributed by atoms with Crippen molar-refractivity contribution in [1.82, 2.24) is 24.6 Å². The van der Waals surface area contributed by atoms with Gasteiger partial charge in [-0.1, -0.05) is 41.4 Å². The first-order chi connectivity index (χ1) is 15.5. The summed E-state index contributed by atoms with van der Waals surface area (Å²) in [7, 11) is 0. The van der Waals surface area contributed by atoms with Crippen LogP contribution in [0, 0.1) is 6.92 Å². The molecule has 0 bridgehead atoms. The number of para-hydroxylation sites is 1. The zero-order valence-corrected chi connectivity index (χ0v) is 19.0. The van der Waals surface area contributed by atoms with E-state index in [1.165, 1.54) is 0 Å². The second kappa shape index (κ2) is 8.54. The van der Waals surface area contributed by atoms with Crippen LogP contribution in [0.5, 0.6) is 0 Å². The minimum absolute atomic E-state index is 0.104. The fourth-order valence-electron chi connectivity index (χ4n) is 4.04. The van der Waals surface area contributed by atoms with Crippen LogP contribution in [0.2, 0.25) is 10.2 Å². The third kappa shape index (κ3) is 3.97. The van der Waals surface area contributed by atoms with Crippen LogP contribution >= 0.6 is 23.2 Å². The van der Waals surface area contributed by atoms with Crippen molar-refractivity contribution in [2.75, 3.05) is 6.54 Å². The summed E-state index contributed by atoms with van der Waals surface area (Å²) < 4.78 is 1.76. The Labute approximate surface area is 195 Å². The van der Waals surface area contributed by atoms with Gasteiger partial charge in [0.2, 0.25) is 0 Å². The molecule has 1 aliphatic rings. The Morgan fingerprint density at radius 1 is 1.06 bits per heavy atom. The third-order valence-electron chi connectivity index (χ3n) is 5.77. The van der Waals surface area contributed by atoms with Crippen LogP contribution in [-0.4, -0.2) is 31.2 Å². The molecular weight excluding hydrogens is 445 g/mol. The van der Waals surface area contributed by atoms with Crippen LogP contribution in [0.25, 0.3) is 17.1 Å². The van der Waals surface area contributed by atoms with E-state index in [0.717, 1.165) is 34.7 Å². The molecule has 1 N–H and O–H groups in total. The first kappa shape index (κ1) is 20.9. The molecule has 32 heavy (non-hydrogen) atoms. The van der Waals surface area contributed by atoms with E-state index in [2.05, 4.69) is 15.0 Å². The molecule has 0 fully saturated rings. The summed E-state index contributed by atoms with van der Waals surface area (Å²) in [5.41, 5.74) is 5.07. The number of hydrogen-bond donors (Lipinski definition) is 1. The van der Waals surface area contributed by atoms with Crippen LogP contribution in [-0.2, 0) is 19.5 Å². The first-order valence-corrected chi connectivity index (χ1v) is 11.1. The lowest BCUT2D eigenvalue weighted by molar-refractivity contribution is 0.241. The van der Waals surface area contributed by atoms with E-state index in [9.17, 15) is 4.79 Å². The maximum Gasteiger partial charge on any atom is 0.255 e. The molecule has 4 aromatic rings. The molecule has 1 aliphatic heterocycles. The van der Waals surface area contributed by atoms with Crippen molar-refractivity contribution in [3.8, 4) is 17.1 Å². The highest BCUT2D eigenvalue weighted by Gasteiger charge is 2.24. The first-order valence-electron chi connectivity index (χ1n) is 10.4. The van der Waals surface area contributed by atoms with Crippen LogP contribution < -0.4 is 5.56 Å². The van der Waals surface area contributed by atoms with Crippen molar-refractivity contribution in [2.45, 2.75) is 26.4 Å². The molecule has 8 heteroatoms. The van der Waals surface area contributed by atoms with Crippen molar-refractivity contribution in [3.63, 3.8) is 0 Å². The van der Waals surface area contributed by atoms with Gasteiger partial charge in [0.25, 0.3) is 5.56 Å². The van der Waals surface area contributed by atoms with E-state index >= 15 is 0 Å². The second-order valence-corrected chi connectivity index (χ2v) is 8.70. The van der Waals surface area contributed by atoms with Gasteiger partial charge in [-0.25, -0.2) is 9.67 Å². The zero-order valence-electron chi connectivity index (χ0n) is 17.5. The van der Waals surface area contributed by atoms with Crippen molar-refractivity contribution >= 4 is 23.2 Å². The number of aromatic nitrogens is 4. The maximum atomic E-state index is 12.9. The number of benzene rings is 2. The van der Waals surface area contributed by atoms with Gasteiger partial charge < -0.3 is 4.98 Å². The highest BCUT2D eigenvalue weighted by molar-refractivity contribution is 6.31. The highest BCUT2D eigenvalue weighted by atomic mass is 35.5. The number of aromatic amines is 1. The van der Waals surface area contributed by atoms with E-state index in [4.69, 9.17) is 28.2 Å². The molecule has 0 unspecified atom stereocenters. The van der Waals surface area contributed by atoms with Crippen molar-refractivity contribution in [2.24, 2.45) is 0 Å². The summed E-state index contributed by atoms with van der Waals surface area (Å²) in [5.74, 6) is 0.571. The average molecular weight is 466 g/mol. The average Bonchev–Trinajstić information content (AvgIpc) is 3.09. The molecule has 0 saturated carbocycles. The molecule has 162 valence electrons. The van der Waals surface area contributed by atoms with Gasteiger partial charge in [-0.2, -0.15) is 5.10 Å². The Kier molecular flexibility index (Phi) is 5.59. The smallest absolute Gasteiger partial charge is 0.255 e. The second-order valence-electron chi connectivity index (χ2n) is 7.91. The van der Waals surface area contributed by atoms with Crippen molar-refractivity contribution < 1.29 is 0 Å². The Morgan fingerprint density at radius 2 is 1.81 bits per heavy atom. The van der Waals surface area contributed by atoms with Crippen LogP contribution in [0.1, 0.15) is 22.5 Å². The quantitative estimate of drug-likeness (QED) is 0.470. The fourth-order valence-corrected chi connectivity index (χ4v) is 4.49. The van der Waals surface area contributed by atoms with E-state index < -0.39 is 0 Å². The molecule has 3 heterocycles. The molecule has 5 rings (SSSR count). The summed E-state index contributed by atoms with van der Waals surface area (Å²) in [6, 6.07) is 17.1. The maximum absolute atomic E-state index is 12.9. The van der Waals surface area contributed by atoms with Gasteiger partial charge in [0.1, 0.15) is 11.0 Å². The van der Waals surface area contributed by atoms with E-state index in [-0.39, 0.29) is 5.56 Å². The van der Waals surface area contributed by atoms with E-state index in [1.807, 2.05) is 49.4 Å². The Bertz CT molecular complexity index is 1330. The van der Waals surface area contributed by atoms with Gasteiger partial charge in [-0.05, 0) is 43.3 Å². The molecule has 2 aromatic carbocycles. The van der Waals surface area contributed by atoms with Gasteiger partial charge in [0, 0.05) is 42.2 Å². The monoisotopic (exact) mass is 465 g/mol. The fraction of sp³-hybridized carbons (Fsp3) is 0.208. The lowest BCUT2D eigenvalue weighted by atomic mass is 10.1. The summed E-state index contributed by atoms with van der Waals surface area (Å²) in [6.07, 6.45) is 0.698. The lowest BCUT2D eigenvalue weighted by Gasteiger charge is -2.27. The third-order valence-corrected chi connectivity index (χ3v) is 6.41. The molecule has 2 aromatic heterocycles. The number of nitrogens with one attached hydrogen (secondary N) is 1. The standard InChI is InChI=1S/C24H21Cl2N5O/c1-15-19(22(26)31(29-15)18-5-3-2-4-6-18)13-30-12-11-21-20(14-30)24(32)28-23(27-21)16-7-9-17(25)10-8-16/h2-10H,11-14H2,1H3,(H,27,28,32). The number of rotatable bonds is 4.